The van der Waals surface area contributed by atoms with Crippen molar-refractivity contribution in [2.75, 3.05) is 0 Å². The van der Waals surface area contributed by atoms with E-state index in [1.54, 1.807) is 0 Å². The number of allylic oxidation sites excluding steroid dienone is 8. The van der Waals surface area contributed by atoms with Gasteiger partial charge in [-0.1, -0.05) is 119 Å². The first-order valence-corrected chi connectivity index (χ1v) is 14.5. The molecule has 4 rings (SSSR count). The molecule has 0 bridgehead atoms. The largest absolute Gasteiger partial charge is 0.289 e. The number of carbonyl (C=O) groups excluding carboxylic acids is 2. The molecular formula is C38H46O2. The van der Waals surface area contributed by atoms with E-state index in [1.807, 2.05) is 0 Å². The highest BCUT2D eigenvalue weighted by molar-refractivity contribution is 6.15. The molecule has 0 N–H and O–H groups in total. The monoisotopic (exact) mass is 534 g/mol. The van der Waals surface area contributed by atoms with Gasteiger partial charge in [0, 0.05) is 22.3 Å². The highest BCUT2D eigenvalue weighted by atomic mass is 16.1. The molecule has 0 heterocycles. The highest BCUT2D eigenvalue weighted by Gasteiger charge is 2.35. The Balaban J connectivity index is 2.17. The van der Waals surface area contributed by atoms with Crippen molar-refractivity contribution >= 4 is 33.5 Å². The van der Waals surface area contributed by atoms with Crippen LogP contribution < -0.4 is 10.4 Å². The fourth-order valence-electron chi connectivity index (χ4n) is 5.60. The second-order valence-electron chi connectivity index (χ2n) is 15.5. The van der Waals surface area contributed by atoms with Crippen LogP contribution in [0.2, 0.25) is 0 Å². The van der Waals surface area contributed by atoms with E-state index in [0.29, 0.717) is 0 Å². The lowest BCUT2D eigenvalue weighted by molar-refractivity contribution is -0.114. The Bertz CT molecular complexity index is 1470. The van der Waals surface area contributed by atoms with Gasteiger partial charge in [0.2, 0.25) is 0 Å². The molecule has 2 aromatic rings. The van der Waals surface area contributed by atoms with Gasteiger partial charge in [-0.25, -0.2) is 0 Å². The van der Waals surface area contributed by atoms with Crippen LogP contribution in [0.25, 0.3) is 21.9 Å². The molecule has 0 radical (unpaired) electrons. The van der Waals surface area contributed by atoms with E-state index in [4.69, 9.17) is 0 Å². The first-order valence-electron chi connectivity index (χ1n) is 14.5. The molecule has 2 aliphatic rings. The van der Waals surface area contributed by atoms with Crippen molar-refractivity contribution in [1.82, 2.24) is 0 Å². The van der Waals surface area contributed by atoms with Gasteiger partial charge in [0.15, 0.2) is 11.6 Å². The third kappa shape index (κ3) is 5.51. The number of ketones is 2. The standard InChI is InChI=1S/C38H46O2/c1-35(2,3)29-19-23(20-30(33(29)39)36(4,5)6)25-17-18-26(28-16-14-13-15-27(25)28)24-21-31(37(7,8)9)34(40)32(22-24)38(10,11)12/h13-22H,1-12H3. The Morgan fingerprint density at radius 2 is 0.650 bits per heavy atom. The molecule has 0 saturated heterocycles. The summed E-state index contributed by atoms with van der Waals surface area (Å²) < 4.78 is 0. The maximum absolute atomic E-state index is 13.6. The van der Waals surface area contributed by atoms with Crippen LogP contribution in [-0.2, 0) is 9.59 Å². The molecule has 2 aliphatic carbocycles. The smallest absolute Gasteiger partial charge is 0.186 e. The minimum absolute atomic E-state index is 0.145. The van der Waals surface area contributed by atoms with Crippen LogP contribution >= 0.6 is 0 Å². The second kappa shape index (κ2) is 9.68. The van der Waals surface area contributed by atoms with Gasteiger partial charge in [-0.3, -0.25) is 9.59 Å². The van der Waals surface area contributed by atoms with Crippen LogP contribution in [0.15, 0.2) is 83.0 Å². The average molecular weight is 535 g/mol. The molecule has 0 fully saturated rings. The summed E-state index contributed by atoms with van der Waals surface area (Å²) in [5.74, 6) is 0.290. The summed E-state index contributed by atoms with van der Waals surface area (Å²) in [5, 5.41) is 4.50. The molecule has 0 aromatic heterocycles. The van der Waals surface area contributed by atoms with E-state index in [-0.39, 0.29) is 33.2 Å². The number of carbonyl (C=O) groups is 2. The van der Waals surface area contributed by atoms with Crippen molar-refractivity contribution in [1.29, 1.82) is 0 Å². The van der Waals surface area contributed by atoms with Gasteiger partial charge in [-0.2, -0.15) is 0 Å². The molecule has 2 aromatic carbocycles. The maximum Gasteiger partial charge on any atom is 0.186 e. The predicted molar refractivity (Wildman–Crippen MR) is 170 cm³/mol. The number of hydrogen-bond donors (Lipinski definition) is 0. The zero-order valence-corrected chi connectivity index (χ0v) is 26.6. The van der Waals surface area contributed by atoms with E-state index < -0.39 is 0 Å². The summed E-state index contributed by atoms with van der Waals surface area (Å²) in [5.41, 5.74) is 4.45. The van der Waals surface area contributed by atoms with Crippen LogP contribution in [0.5, 0.6) is 0 Å². The SMILES string of the molecule is CC(C)(C)C1=CC(=c2ccc(=C3C=C(C(C)(C)C)C(=O)C(C(C)(C)C)=C3)c3ccccc23)C=C(C(C)(C)C)C1=O. The van der Waals surface area contributed by atoms with Gasteiger partial charge in [-0.15, -0.1) is 0 Å². The number of rotatable bonds is 0. The Morgan fingerprint density at radius 3 is 0.875 bits per heavy atom. The van der Waals surface area contributed by atoms with Crippen molar-refractivity contribution in [3.8, 4) is 0 Å². The van der Waals surface area contributed by atoms with Crippen LogP contribution in [0.1, 0.15) is 83.1 Å². The fourth-order valence-corrected chi connectivity index (χ4v) is 5.60. The number of benzene rings is 2. The van der Waals surface area contributed by atoms with Gasteiger partial charge >= 0.3 is 0 Å². The van der Waals surface area contributed by atoms with Crippen molar-refractivity contribution in [2.45, 2.75) is 83.1 Å². The fraction of sp³-hybridized carbons (Fsp3) is 0.421. The minimum Gasteiger partial charge on any atom is -0.289 e. The third-order valence-electron chi connectivity index (χ3n) is 7.96. The maximum atomic E-state index is 13.6. The quantitative estimate of drug-likeness (QED) is 0.341. The van der Waals surface area contributed by atoms with Crippen LogP contribution in [0, 0.1) is 21.7 Å². The molecule has 0 atom stereocenters. The zero-order chi connectivity index (χ0) is 30.0. The Hall–Kier alpha value is -3.26. The molecule has 0 amide bonds. The molecular weight excluding hydrogens is 488 g/mol. The molecule has 0 unspecified atom stereocenters. The molecule has 0 aliphatic heterocycles. The van der Waals surface area contributed by atoms with E-state index in [9.17, 15) is 9.59 Å². The number of fused-ring (bicyclic) bond motifs is 1. The molecule has 210 valence electrons. The lowest BCUT2D eigenvalue weighted by atomic mass is 9.71. The van der Waals surface area contributed by atoms with Crippen LogP contribution in [-0.4, -0.2) is 11.6 Å². The lowest BCUT2D eigenvalue weighted by Gasteiger charge is -2.31. The molecule has 2 nitrogen and oxygen atoms in total. The van der Waals surface area contributed by atoms with Crippen molar-refractivity contribution in [3.05, 3.63) is 93.4 Å². The van der Waals surface area contributed by atoms with Crippen molar-refractivity contribution < 1.29 is 9.59 Å². The summed E-state index contributed by atoms with van der Waals surface area (Å²) in [4.78, 5) is 27.2. The summed E-state index contributed by atoms with van der Waals surface area (Å²) in [6.07, 6.45) is 8.39. The van der Waals surface area contributed by atoms with Gasteiger partial charge in [-0.05, 0) is 78.3 Å². The van der Waals surface area contributed by atoms with Crippen LogP contribution in [0.3, 0.4) is 0 Å². The van der Waals surface area contributed by atoms with E-state index >= 15 is 0 Å². The van der Waals surface area contributed by atoms with Crippen LogP contribution in [0.4, 0.5) is 0 Å². The predicted octanol–water partition coefficient (Wildman–Crippen LogP) is 8.20. The molecule has 0 saturated carbocycles. The van der Waals surface area contributed by atoms with Gasteiger partial charge < -0.3 is 0 Å². The Morgan fingerprint density at radius 1 is 0.400 bits per heavy atom. The Labute approximate surface area is 241 Å². The zero-order valence-electron chi connectivity index (χ0n) is 26.6. The summed E-state index contributed by atoms with van der Waals surface area (Å²) >= 11 is 0. The lowest BCUT2D eigenvalue weighted by Crippen LogP contribution is -2.29. The van der Waals surface area contributed by atoms with E-state index in [0.717, 1.165) is 54.6 Å². The van der Waals surface area contributed by atoms with Crippen molar-refractivity contribution in [2.24, 2.45) is 21.7 Å². The van der Waals surface area contributed by atoms with Gasteiger partial charge in [0.25, 0.3) is 0 Å². The normalized spacial score (nSPS) is 17.6. The average Bonchev–Trinajstić information content (AvgIpc) is 2.81. The van der Waals surface area contributed by atoms with E-state index in [1.165, 1.54) is 0 Å². The topological polar surface area (TPSA) is 34.1 Å². The summed E-state index contributed by atoms with van der Waals surface area (Å²) in [7, 11) is 0. The molecule has 2 heteroatoms. The third-order valence-corrected chi connectivity index (χ3v) is 7.96. The highest BCUT2D eigenvalue weighted by Crippen LogP contribution is 2.40. The molecule has 40 heavy (non-hydrogen) atoms. The number of hydrogen-bond acceptors (Lipinski definition) is 2. The number of Topliss-reactive ketones (excluding diaryl/α,β-unsaturated/α-hetero) is 2. The van der Waals surface area contributed by atoms with E-state index in [2.05, 4.69) is 144 Å². The van der Waals surface area contributed by atoms with Gasteiger partial charge in [0.05, 0.1) is 0 Å². The minimum atomic E-state index is -0.268. The Kier molecular flexibility index (Phi) is 7.19. The first-order chi connectivity index (χ1) is 18.2. The summed E-state index contributed by atoms with van der Waals surface area (Å²) in [6.45, 7) is 25.3. The van der Waals surface area contributed by atoms with Crippen molar-refractivity contribution in [3.63, 3.8) is 0 Å². The van der Waals surface area contributed by atoms with Gasteiger partial charge in [0.1, 0.15) is 0 Å². The second-order valence-corrected chi connectivity index (χ2v) is 15.5. The first kappa shape index (κ1) is 29.7. The molecule has 0 spiro atoms. The summed E-state index contributed by atoms with van der Waals surface area (Å²) in [6, 6.07) is 12.9.